The van der Waals surface area contributed by atoms with Crippen molar-refractivity contribution >= 4 is 15.7 Å². The maximum absolute atomic E-state index is 13.8. The number of hydrogen-bond acceptors (Lipinski definition) is 4. The summed E-state index contributed by atoms with van der Waals surface area (Å²) in [5.41, 5.74) is 6.17. The van der Waals surface area contributed by atoms with E-state index in [-0.39, 0.29) is 12.3 Å². The lowest BCUT2D eigenvalue weighted by molar-refractivity contribution is 0.325. The zero-order valence-corrected chi connectivity index (χ0v) is 11.7. The van der Waals surface area contributed by atoms with Crippen molar-refractivity contribution in [2.45, 2.75) is 10.9 Å². The number of anilines is 1. The lowest BCUT2D eigenvalue weighted by Gasteiger charge is -2.14. The molecule has 1 heterocycles. The summed E-state index contributed by atoms with van der Waals surface area (Å²) in [4.78, 5) is -0.533. The average molecular weight is 308 g/mol. The van der Waals surface area contributed by atoms with Crippen molar-refractivity contribution in [3.63, 3.8) is 0 Å². The highest BCUT2D eigenvalue weighted by Crippen LogP contribution is 2.33. The van der Waals surface area contributed by atoms with Gasteiger partial charge in [-0.15, -0.1) is 0 Å². The average Bonchev–Trinajstić information content (AvgIpc) is 2.81. The first-order chi connectivity index (χ1) is 9.99. The van der Waals surface area contributed by atoms with Gasteiger partial charge in [-0.3, -0.25) is 0 Å². The molecule has 7 heteroatoms. The van der Waals surface area contributed by atoms with Gasteiger partial charge < -0.3 is 10.5 Å². The van der Waals surface area contributed by atoms with Gasteiger partial charge in [0.25, 0.3) is 0 Å². The van der Waals surface area contributed by atoms with Crippen LogP contribution in [0.2, 0.25) is 0 Å². The van der Waals surface area contributed by atoms with E-state index in [4.69, 9.17) is 10.5 Å². The van der Waals surface area contributed by atoms with E-state index in [9.17, 15) is 12.8 Å². The molecule has 1 aliphatic heterocycles. The van der Waals surface area contributed by atoms with Crippen LogP contribution in [0.15, 0.2) is 47.4 Å². The molecule has 1 unspecified atom stereocenters. The van der Waals surface area contributed by atoms with E-state index in [1.54, 1.807) is 24.3 Å². The number of sulfonamides is 1. The fourth-order valence-electron chi connectivity index (χ4n) is 2.32. The molecular formula is C14H13FN2O3S. The number of benzene rings is 2. The van der Waals surface area contributed by atoms with Crippen LogP contribution in [0.3, 0.4) is 0 Å². The molecule has 0 bridgehead atoms. The van der Waals surface area contributed by atoms with Gasteiger partial charge in [-0.2, -0.15) is 4.72 Å². The van der Waals surface area contributed by atoms with Gasteiger partial charge in [-0.1, -0.05) is 24.3 Å². The van der Waals surface area contributed by atoms with E-state index < -0.39 is 26.8 Å². The summed E-state index contributed by atoms with van der Waals surface area (Å²) in [7, 11) is -4.08. The summed E-state index contributed by atoms with van der Waals surface area (Å²) in [6.07, 6.45) is 0. The lowest BCUT2D eigenvalue weighted by Crippen LogP contribution is -2.30. The van der Waals surface area contributed by atoms with Gasteiger partial charge in [0, 0.05) is 5.56 Å². The van der Waals surface area contributed by atoms with Gasteiger partial charge in [0.1, 0.15) is 23.1 Å². The Morgan fingerprint density at radius 3 is 2.71 bits per heavy atom. The molecule has 0 fully saturated rings. The molecule has 21 heavy (non-hydrogen) atoms. The van der Waals surface area contributed by atoms with Gasteiger partial charge in [-0.05, 0) is 18.2 Å². The Morgan fingerprint density at radius 2 is 1.95 bits per heavy atom. The molecule has 3 rings (SSSR count). The normalized spacial score (nSPS) is 17.3. The molecule has 5 nitrogen and oxygen atoms in total. The Labute approximate surface area is 121 Å². The molecule has 0 amide bonds. The minimum atomic E-state index is -4.08. The van der Waals surface area contributed by atoms with Crippen molar-refractivity contribution in [3.05, 3.63) is 53.8 Å². The monoisotopic (exact) mass is 308 g/mol. The molecule has 2 aromatic rings. The Balaban J connectivity index is 1.95. The van der Waals surface area contributed by atoms with E-state index in [2.05, 4.69) is 4.72 Å². The largest absolute Gasteiger partial charge is 0.491 e. The SMILES string of the molecule is Nc1cccc(F)c1S(=O)(=O)NC1COc2ccccc21. The second-order valence-electron chi connectivity index (χ2n) is 4.68. The van der Waals surface area contributed by atoms with Crippen LogP contribution < -0.4 is 15.2 Å². The number of nitrogens with two attached hydrogens (primary N) is 1. The number of fused-ring (bicyclic) bond motifs is 1. The van der Waals surface area contributed by atoms with Crippen LogP contribution in [0.4, 0.5) is 10.1 Å². The van der Waals surface area contributed by atoms with Gasteiger partial charge >= 0.3 is 0 Å². The molecule has 0 spiro atoms. The molecule has 1 atom stereocenters. The number of nitrogen functional groups attached to an aromatic ring is 1. The van der Waals surface area contributed by atoms with Crippen molar-refractivity contribution in [1.29, 1.82) is 0 Å². The maximum atomic E-state index is 13.8. The Kier molecular flexibility index (Phi) is 3.30. The number of rotatable bonds is 3. The van der Waals surface area contributed by atoms with Crippen molar-refractivity contribution < 1.29 is 17.5 Å². The molecule has 2 aromatic carbocycles. The van der Waals surface area contributed by atoms with Crippen molar-refractivity contribution in [3.8, 4) is 5.75 Å². The van der Waals surface area contributed by atoms with Crippen molar-refractivity contribution in [2.24, 2.45) is 0 Å². The second-order valence-corrected chi connectivity index (χ2v) is 6.33. The van der Waals surface area contributed by atoms with Crippen molar-refractivity contribution in [1.82, 2.24) is 4.72 Å². The van der Waals surface area contributed by atoms with Gasteiger partial charge in [0.2, 0.25) is 10.0 Å². The van der Waals surface area contributed by atoms with Crippen LogP contribution in [-0.4, -0.2) is 15.0 Å². The summed E-state index contributed by atoms with van der Waals surface area (Å²) < 4.78 is 46.3. The van der Waals surface area contributed by atoms with Gasteiger partial charge in [0.15, 0.2) is 0 Å². The highest BCUT2D eigenvalue weighted by molar-refractivity contribution is 7.89. The van der Waals surface area contributed by atoms with Crippen molar-refractivity contribution in [2.75, 3.05) is 12.3 Å². The third kappa shape index (κ3) is 2.45. The zero-order valence-electron chi connectivity index (χ0n) is 10.9. The number of ether oxygens (including phenoxy) is 1. The van der Waals surface area contributed by atoms with E-state index in [0.717, 1.165) is 11.6 Å². The third-order valence-electron chi connectivity index (χ3n) is 3.26. The smallest absolute Gasteiger partial charge is 0.246 e. The minimum Gasteiger partial charge on any atom is -0.491 e. The second kappa shape index (κ2) is 5.01. The predicted molar refractivity (Wildman–Crippen MR) is 75.8 cm³/mol. The number of halogens is 1. The zero-order chi connectivity index (χ0) is 15.0. The van der Waals surface area contributed by atoms with Crippen LogP contribution in [0.1, 0.15) is 11.6 Å². The molecule has 0 saturated heterocycles. The summed E-state index contributed by atoms with van der Waals surface area (Å²) in [5.74, 6) is -0.263. The first-order valence-corrected chi connectivity index (χ1v) is 7.75. The van der Waals surface area contributed by atoms with E-state index in [1.807, 2.05) is 0 Å². The summed E-state index contributed by atoms with van der Waals surface area (Å²) in [6, 6.07) is 10.3. The summed E-state index contributed by atoms with van der Waals surface area (Å²) in [5, 5.41) is 0. The highest BCUT2D eigenvalue weighted by Gasteiger charge is 2.31. The molecule has 1 aliphatic rings. The lowest BCUT2D eigenvalue weighted by atomic mass is 10.1. The molecule has 0 aromatic heterocycles. The van der Waals surface area contributed by atoms with E-state index in [0.29, 0.717) is 5.75 Å². The molecule has 0 radical (unpaired) electrons. The fraction of sp³-hybridized carbons (Fsp3) is 0.143. The summed E-state index contributed by atoms with van der Waals surface area (Å²) in [6.45, 7) is 0.160. The van der Waals surface area contributed by atoms with Crippen LogP contribution in [0.5, 0.6) is 5.75 Å². The number of para-hydroxylation sites is 1. The molecule has 110 valence electrons. The van der Waals surface area contributed by atoms with Crippen LogP contribution in [0, 0.1) is 5.82 Å². The summed E-state index contributed by atoms with van der Waals surface area (Å²) >= 11 is 0. The highest BCUT2D eigenvalue weighted by atomic mass is 32.2. The van der Waals surface area contributed by atoms with Crippen LogP contribution in [-0.2, 0) is 10.0 Å². The van der Waals surface area contributed by atoms with Gasteiger partial charge in [-0.25, -0.2) is 12.8 Å². The van der Waals surface area contributed by atoms with Crippen LogP contribution in [0.25, 0.3) is 0 Å². The Hall–Kier alpha value is -2.12. The molecule has 0 aliphatic carbocycles. The Morgan fingerprint density at radius 1 is 1.19 bits per heavy atom. The van der Waals surface area contributed by atoms with E-state index >= 15 is 0 Å². The van der Waals surface area contributed by atoms with Crippen LogP contribution >= 0.6 is 0 Å². The molecule has 3 N–H and O–H groups in total. The molecule has 0 saturated carbocycles. The van der Waals surface area contributed by atoms with E-state index in [1.165, 1.54) is 12.1 Å². The third-order valence-corrected chi connectivity index (χ3v) is 4.83. The Bertz CT molecular complexity index is 772. The predicted octanol–water partition coefficient (Wildman–Crippen LogP) is 1.82. The first-order valence-electron chi connectivity index (χ1n) is 6.27. The quantitative estimate of drug-likeness (QED) is 0.848. The minimum absolute atomic E-state index is 0.130. The standard InChI is InChI=1S/C14H13FN2O3S/c15-10-5-3-6-11(16)14(10)21(18,19)17-12-8-20-13-7-2-1-4-9(12)13/h1-7,12,17H,8,16H2. The number of nitrogens with one attached hydrogen (secondary N) is 1. The van der Waals surface area contributed by atoms with Gasteiger partial charge in [0.05, 0.1) is 11.7 Å². The number of hydrogen-bond donors (Lipinski definition) is 2. The molecular weight excluding hydrogens is 295 g/mol. The maximum Gasteiger partial charge on any atom is 0.246 e. The fourth-order valence-corrected chi connectivity index (χ4v) is 3.71. The first kappa shape index (κ1) is 13.8. The topological polar surface area (TPSA) is 81.4 Å².